The van der Waals surface area contributed by atoms with Crippen molar-refractivity contribution in [2.75, 3.05) is 11.9 Å². The first-order chi connectivity index (χ1) is 9.54. The third-order valence-electron chi connectivity index (χ3n) is 3.74. The van der Waals surface area contributed by atoms with Crippen LogP contribution in [0.15, 0.2) is 18.2 Å². The maximum atomic E-state index is 12.2. The lowest BCUT2D eigenvalue weighted by molar-refractivity contribution is -0.125. The number of benzene rings is 1. The van der Waals surface area contributed by atoms with E-state index in [-0.39, 0.29) is 23.7 Å². The molecule has 4 nitrogen and oxygen atoms in total. The summed E-state index contributed by atoms with van der Waals surface area (Å²) in [5.41, 5.74) is 2.97. The molecular formula is C16H22N2O2. The molecule has 0 spiro atoms. The molecular weight excluding hydrogens is 252 g/mol. The van der Waals surface area contributed by atoms with Crippen molar-refractivity contribution in [1.29, 1.82) is 0 Å². The Kier molecular flexibility index (Phi) is 4.42. The van der Waals surface area contributed by atoms with Crippen LogP contribution in [0.1, 0.15) is 30.9 Å². The number of para-hydroxylation sites is 1. The standard InChI is InChI=1S/C16H22N2O2/c1-4-8-17-15(19)12-9-13(12)16(20)18-14-10(2)6-5-7-11(14)3/h5-7,12-13H,4,8-9H2,1-3H3,(H,17,19)(H,18,20). The molecule has 1 aliphatic carbocycles. The van der Waals surface area contributed by atoms with Crippen LogP contribution in [0.3, 0.4) is 0 Å². The van der Waals surface area contributed by atoms with E-state index in [1.807, 2.05) is 39.0 Å². The molecule has 1 aromatic carbocycles. The van der Waals surface area contributed by atoms with Crippen molar-refractivity contribution < 1.29 is 9.59 Å². The van der Waals surface area contributed by atoms with Gasteiger partial charge in [-0.15, -0.1) is 0 Å². The van der Waals surface area contributed by atoms with E-state index in [0.29, 0.717) is 13.0 Å². The Morgan fingerprint density at radius 2 is 1.75 bits per heavy atom. The lowest BCUT2D eigenvalue weighted by Crippen LogP contribution is -2.28. The Hall–Kier alpha value is -1.84. The topological polar surface area (TPSA) is 58.2 Å². The van der Waals surface area contributed by atoms with Crippen LogP contribution in [0.25, 0.3) is 0 Å². The van der Waals surface area contributed by atoms with Gasteiger partial charge in [0.05, 0.1) is 11.8 Å². The lowest BCUT2D eigenvalue weighted by atomic mass is 10.1. The van der Waals surface area contributed by atoms with Crippen molar-refractivity contribution in [3.8, 4) is 0 Å². The van der Waals surface area contributed by atoms with E-state index in [2.05, 4.69) is 10.6 Å². The van der Waals surface area contributed by atoms with E-state index in [1.165, 1.54) is 0 Å². The van der Waals surface area contributed by atoms with Crippen molar-refractivity contribution in [1.82, 2.24) is 5.32 Å². The zero-order valence-corrected chi connectivity index (χ0v) is 12.3. The smallest absolute Gasteiger partial charge is 0.228 e. The molecule has 1 fully saturated rings. The highest BCUT2D eigenvalue weighted by atomic mass is 16.2. The summed E-state index contributed by atoms with van der Waals surface area (Å²) < 4.78 is 0. The number of nitrogens with one attached hydrogen (secondary N) is 2. The highest BCUT2D eigenvalue weighted by molar-refractivity contribution is 6.00. The minimum Gasteiger partial charge on any atom is -0.356 e. The van der Waals surface area contributed by atoms with E-state index in [4.69, 9.17) is 0 Å². The van der Waals surface area contributed by atoms with Gasteiger partial charge in [-0.2, -0.15) is 0 Å². The van der Waals surface area contributed by atoms with Gasteiger partial charge in [-0.1, -0.05) is 25.1 Å². The summed E-state index contributed by atoms with van der Waals surface area (Å²) in [6, 6.07) is 5.92. The monoisotopic (exact) mass is 274 g/mol. The summed E-state index contributed by atoms with van der Waals surface area (Å²) in [6.07, 6.45) is 1.57. The molecule has 4 heteroatoms. The molecule has 20 heavy (non-hydrogen) atoms. The summed E-state index contributed by atoms with van der Waals surface area (Å²) in [7, 11) is 0. The van der Waals surface area contributed by atoms with Crippen molar-refractivity contribution >= 4 is 17.5 Å². The summed E-state index contributed by atoms with van der Waals surface area (Å²) >= 11 is 0. The number of aryl methyl sites for hydroxylation is 2. The molecule has 2 amide bonds. The lowest BCUT2D eigenvalue weighted by Gasteiger charge is -2.11. The van der Waals surface area contributed by atoms with E-state index in [1.54, 1.807) is 0 Å². The first-order valence-electron chi connectivity index (χ1n) is 7.19. The molecule has 2 atom stereocenters. The van der Waals surface area contributed by atoms with Crippen LogP contribution in [-0.2, 0) is 9.59 Å². The van der Waals surface area contributed by atoms with Gasteiger partial charge in [0.25, 0.3) is 0 Å². The highest BCUT2D eigenvalue weighted by Crippen LogP contribution is 2.39. The fraction of sp³-hybridized carbons (Fsp3) is 0.500. The third kappa shape index (κ3) is 3.18. The van der Waals surface area contributed by atoms with Crippen LogP contribution in [0.4, 0.5) is 5.69 Å². The molecule has 2 rings (SSSR count). The Balaban J connectivity index is 1.93. The van der Waals surface area contributed by atoms with E-state index >= 15 is 0 Å². The van der Waals surface area contributed by atoms with Gasteiger partial charge in [-0.05, 0) is 37.8 Å². The molecule has 0 aromatic heterocycles. The SMILES string of the molecule is CCCNC(=O)C1CC1C(=O)Nc1c(C)cccc1C. The van der Waals surface area contributed by atoms with Crippen molar-refractivity contribution in [2.45, 2.75) is 33.6 Å². The first-order valence-corrected chi connectivity index (χ1v) is 7.19. The second-order valence-corrected chi connectivity index (χ2v) is 5.50. The van der Waals surface area contributed by atoms with Gasteiger partial charge in [-0.3, -0.25) is 9.59 Å². The van der Waals surface area contributed by atoms with Gasteiger partial charge in [0.2, 0.25) is 11.8 Å². The largest absolute Gasteiger partial charge is 0.356 e. The normalized spacial score (nSPS) is 20.4. The molecule has 0 heterocycles. The second kappa shape index (κ2) is 6.07. The highest BCUT2D eigenvalue weighted by Gasteiger charge is 2.47. The van der Waals surface area contributed by atoms with Gasteiger partial charge in [0.15, 0.2) is 0 Å². The predicted molar refractivity (Wildman–Crippen MR) is 79.4 cm³/mol. The Bertz CT molecular complexity index is 505. The maximum absolute atomic E-state index is 12.2. The quantitative estimate of drug-likeness (QED) is 0.866. The van der Waals surface area contributed by atoms with E-state index in [0.717, 1.165) is 23.2 Å². The van der Waals surface area contributed by atoms with Crippen molar-refractivity contribution in [3.63, 3.8) is 0 Å². The van der Waals surface area contributed by atoms with Gasteiger partial charge < -0.3 is 10.6 Å². The summed E-state index contributed by atoms with van der Waals surface area (Å²) in [5, 5.41) is 5.81. The molecule has 108 valence electrons. The zero-order chi connectivity index (χ0) is 14.7. The number of carbonyl (C=O) groups is 2. The van der Waals surface area contributed by atoms with Crippen LogP contribution in [0.5, 0.6) is 0 Å². The van der Waals surface area contributed by atoms with Gasteiger partial charge in [0, 0.05) is 12.2 Å². The minimum atomic E-state index is -0.175. The molecule has 2 N–H and O–H groups in total. The Labute approximate surface area is 119 Å². The van der Waals surface area contributed by atoms with Crippen LogP contribution in [0.2, 0.25) is 0 Å². The molecule has 2 unspecified atom stereocenters. The van der Waals surface area contributed by atoms with E-state index < -0.39 is 0 Å². The average molecular weight is 274 g/mol. The molecule has 1 saturated carbocycles. The molecule has 0 bridgehead atoms. The Morgan fingerprint density at radius 1 is 1.15 bits per heavy atom. The van der Waals surface area contributed by atoms with E-state index in [9.17, 15) is 9.59 Å². The van der Waals surface area contributed by atoms with Crippen LogP contribution >= 0.6 is 0 Å². The number of rotatable bonds is 5. The number of hydrogen-bond donors (Lipinski definition) is 2. The maximum Gasteiger partial charge on any atom is 0.228 e. The number of anilines is 1. The molecule has 0 saturated heterocycles. The van der Waals surface area contributed by atoms with Crippen LogP contribution in [0, 0.1) is 25.7 Å². The fourth-order valence-corrected chi connectivity index (χ4v) is 2.38. The number of amides is 2. The van der Waals surface area contributed by atoms with Gasteiger partial charge >= 0.3 is 0 Å². The molecule has 0 aliphatic heterocycles. The van der Waals surface area contributed by atoms with Gasteiger partial charge in [-0.25, -0.2) is 0 Å². The third-order valence-corrected chi connectivity index (χ3v) is 3.74. The summed E-state index contributed by atoms with van der Waals surface area (Å²) in [5.74, 6) is -0.357. The van der Waals surface area contributed by atoms with Crippen molar-refractivity contribution in [3.05, 3.63) is 29.3 Å². The van der Waals surface area contributed by atoms with Crippen LogP contribution in [-0.4, -0.2) is 18.4 Å². The molecule has 0 radical (unpaired) electrons. The second-order valence-electron chi connectivity index (χ2n) is 5.50. The molecule has 1 aliphatic rings. The number of hydrogen-bond acceptors (Lipinski definition) is 2. The minimum absolute atomic E-state index is 0.00788. The summed E-state index contributed by atoms with van der Waals surface area (Å²) in [6.45, 7) is 6.64. The Morgan fingerprint density at radius 3 is 2.35 bits per heavy atom. The van der Waals surface area contributed by atoms with Gasteiger partial charge in [0.1, 0.15) is 0 Å². The zero-order valence-electron chi connectivity index (χ0n) is 12.3. The predicted octanol–water partition coefficient (Wildman–Crippen LogP) is 2.40. The van der Waals surface area contributed by atoms with Crippen molar-refractivity contribution in [2.24, 2.45) is 11.8 Å². The molecule has 1 aromatic rings. The fourth-order valence-electron chi connectivity index (χ4n) is 2.38. The summed E-state index contributed by atoms with van der Waals surface area (Å²) in [4.78, 5) is 24.0. The number of carbonyl (C=O) groups excluding carboxylic acids is 2. The first kappa shape index (κ1) is 14.6. The average Bonchev–Trinajstić information content (AvgIpc) is 3.20. The van der Waals surface area contributed by atoms with Crippen LogP contribution < -0.4 is 10.6 Å².